The number of nitrogens with zero attached hydrogens (tertiary/aromatic N) is 2. The Balaban J connectivity index is 2.16. The van der Waals surface area contributed by atoms with Crippen molar-refractivity contribution in [2.24, 2.45) is 5.92 Å². The molecule has 1 aromatic rings. The molecule has 0 aliphatic carbocycles. The highest BCUT2D eigenvalue weighted by atomic mass is 16.5. The Morgan fingerprint density at radius 1 is 1.32 bits per heavy atom. The summed E-state index contributed by atoms with van der Waals surface area (Å²) in [6, 6.07) is 0. The number of hydrogen-bond acceptors (Lipinski definition) is 4. The van der Waals surface area contributed by atoms with Crippen LogP contribution < -0.4 is 5.32 Å². The summed E-state index contributed by atoms with van der Waals surface area (Å²) in [5, 5.41) is 3.44. The summed E-state index contributed by atoms with van der Waals surface area (Å²) in [6.07, 6.45) is 4.16. The van der Waals surface area contributed by atoms with Gasteiger partial charge in [-0.05, 0) is 32.1 Å². The zero-order valence-electron chi connectivity index (χ0n) is 12.3. The fourth-order valence-corrected chi connectivity index (χ4v) is 2.56. The van der Waals surface area contributed by atoms with Gasteiger partial charge in [0.15, 0.2) is 0 Å². The Bertz CT molecular complexity index is 414. The lowest BCUT2D eigenvalue weighted by atomic mass is 10.0. The Morgan fingerprint density at radius 2 is 2.16 bits per heavy atom. The topological polar surface area (TPSA) is 47.0 Å². The maximum atomic E-state index is 5.43. The Hall–Kier alpha value is -1.16. The third-order valence-corrected chi connectivity index (χ3v) is 3.65. The van der Waals surface area contributed by atoms with Crippen molar-refractivity contribution in [2.45, 2.75) is 46.5 Å². The molecule has 4 heteroatoms. The van der Waals surface area contributed by atoms with Gasteiger partial charge in [0.1, 0.15) is 11.6 Å². The molecule has 0 saturated carbocycles. The minimum absolute atomic E-state index is 0.589. The summed E-state index contributed by atoms with van der Waals surface area (Å²) >= 11 is 0. The number of aryl methyl sites for hydroxylation is 1. The molecule has 1 aliphatic rings. The average molecular weight is 263 g/mol. The molecule has 19 heavy (non-hydrogen) atoms. The molecule has 0 bridgehead atoms. The number of nitrogens with one attached hydrogen (secondary N) is 1. The molecule has 1 saturated heterocycles. The maximum Gasteiger partial charge on any atom is 0.133 e. The van der Waals surface area contributed by atoms with E-state index in [2.05, 4.69) is 31.1 Å². The van der Waals surface area contributed by atoms with Crippen LogP contribution in [0, 0.1) is 12.8 Å². The van der Waals surface area contributed by atoms with E-state index in [0.29, 0.717) is 5.92 Å². The molecule has 1 atom stereocenters. The fourth-order valence-electron chi connectivity index (χ4n) is 2.56. The standard InChI is InChI=1S/C15H25N3O/c1-4-7-16-15-13(5-2)11(3)17-14(18-15)9-12-6-8-19-10-12/h12H,4-10H2,1-3H3,(H,16,17,18). The van der Waals surface area contributed by atoms with E-state index in [0.717, 1.165) is 62.8 Å². The van der Waals surface area contributed by atoms with Crippen LogP contribution in [0.15, 0.2) is 0 Å². The van der Waals surface area contributed by atoms with E-state index < -0.39 is 0 Å². The van der Waals surface area contributed by atoms with Gasteiger partial charge in [-0.25, -0.2) is 9.97 Å². The first kappa shape index (κ1) is 14.3. The summed E-state index contributed by atoms with van der Waals surface area (Å²) < 4.78 is 5.43. The van der Waals surface area contributed by atoms with Crippen LogP contribution in [0.25, 0.3) is 0 Å². The van der Waals surface area contributed by atoms with E-state index in [1.165, 1.54) is 5.56 Å². The largest absolute Gasteiger partial charge is 0.381 e. The summed E-state index contributed by atoms with van der Waals surface area (Å²) in [7, 11) is 0. The van der Waals surface area contributed by atoms with Crippen molar-refractivity contribution in [3.8, 4) is 0 Å². The second-order valence-electron chi connectivity index (χ2n) is 5.27. The summed E-state index contributed by atoms with van der Waals surface area (Å²) in [4.78, 5) is 9.40. The quantitative estimate of drug-likeness (QED) is 0.857. The summed E-state index contributed by atoms with van der Waals surface area (Å²) in [5.41, 5.74) is 2.37. The highest BCUT2D eigenvalue weighted by molar-refractivity contribution is 5.46. The molecule has 2 heterocycles. The molecule has 0 amide bonds. The van der Waals surface area contributed by atoms with Gasteiger partial charge in [-0.15, -0.1) is 0 Å². The Labute approximate surface area is 116 Å². The fraction of sp³-hybridized carbons (Fsp3) is 0.733. The van der Waals surface area contributed by atoms with Crippen molar-refractivity contribution >= 4 is 5.82 Å². The summed E-state index contributed by atoms with van der Waals surface area (Å²) in [5.74, 6) is 2.58. The van der Waals surface area contributed by atoms with Gasteiger partial charge >= 0.3 is 0 Å². The molecule has 1 unspecified atom stereocenters. The number of rotatable bonds is 6. The van der Waals surface area contributed by atoms with E-state index in [1.807, 2.05) is 0 Å². The monoisotopic (exact) mass is 263 g/mol. The molecule has 4 nitrogen and oxygen atoms in total. The zero-order chi connectivity index (χ0) is 13.7. The van der Waals surface area contributed by atoms with Gasteiger partial charge in [0.2, 0.25) is 0 Å². The highest BCUT2D eigenvalue weighted by Crippen LogP contribution is 2.21. The predicted octanol–water partition coefficient (Wildman–Crippen LogP) is 2.75. The molecular weight excluding hydrogens is 238 g/mol. The van der Waals surface area contributed by atoms with E-state index in [-0.39, 0.29) is 0 Å². The Morgan fingerprint density at radius 3 is 2.79 bits per heavy atom. The van der Waals surface area contributed by atoms with E-state index in [9.17, 15) is 0 Å². The number of ether oxygens (including phenoxy) is 1. The third-order valence-electron chi connectivity index (χ3n) is 3.65. The number of hydrogen-bond donors (Lipinski definition) is 1. The van der Waals surface area contributed by atoms with Crippen LogP contribution in [0.3, 0.4) is 0 Å². The molecule has 1 aromatic heterocycles. The first-order chi connectivity index (χ1) is 9.24. The molecule has 106 valence electrons. The van der Waals surface area contributed by atoms with Crippen LogP contribution in [0.2, 0.25) is 0 Å². The van der Waals surface area contributed by atoms with Crippen LogP contribution in [-0.2, 0) is 17.6 Å². The van der Waals surface area contributed by atoms with Crippen molar-refractivity contribution in [1.29, 1.82) is 0 Å². The van der Waals surface area contributed by atoms with E-state index in [4.69, 9.17) is 9.72 Å². The molecule has 1 fully saturated rings. The van der Waals surface area contributed by atoms with Crippen LogP contribution >= 0.6 is 0 Å². The van der Waals surface area contributed by atoms with Gasteiger partial charge in [-0.1, -0.05) is 13.8 Å². The van der Waals surface area contributed by atoms with Crippen molar-refractivity contribution in [2.75, 3.05) is 25.1 Å². The highest BCUT2D eigenvalue weighted by Gasteiger charge is 2.19. The van der Waals surface area contributed by atoms with E-state index in [1.54, 1.807) is 0 Å². The second-order valence-corrected chi connectivity index (χ2v) is 5.27. The normalized spacial score (nSPS) is 18.8. The third kappa shape index (κ3) is 3.66. The first-order valence-corrected chi connectivity index (χ1v) is 7.42. The zero-order valence-corrected chi connectivity index (χ0v) is 12.3. The minimum atomic E-state index is 0.589. The molecule has 0 radical (unpaired) electrons. The van der Waals surface area contributed by atoms with Crippen LogP contribution in [0.1, 0.15) is 43.8 Å². The minimum Gasteiger partial charge on any atom is -0.381 e. The molecule has 1 N–H and O–H groups in total. The molecule has 2 rings (SSSR count). The predicted molar refractivity (Wildman–Crippen MR) is 77.6 cm³/mol. The van der Waals surface area contributed by atoms with Crippen molar-refractivity contribution in [1.82, 2.24) is 9.97 Å². The molecular formula is C15H25N3O. The Kier molecular flexibility index (Phi) is 5.14. The summed E-state index contributed by atoms with van der Waals surface area (Å²) in [6.45, 7) is 9.13. The number of anilines is 1. The molecule has 0 spiro atoms. The van der Waals surface area contributed by atoms with Gasteiger partial charge in [0.05, 0.1) is 0 Å². The van der Waals surface area contributed by atoms with E-state index >= 15 is 0 Å². The molecule has 1 aliphatic heterocycles. The first-order valence-electron chi connectivity index (χ1n) is 7.42. The molecule has 0 aromatic carbocycles. The van der Waals surface area contributed by atoms with Crippen molar-refractivity contribution in [3.05, 3.63) is 17.1 Å². The van der Waals surface area contributed by atoms with Gasteiger partial charge in [0.25, 0.3) is 0 Å². The van der Waals surface area contributed by atoms with Crippen LogP contribution in [-0.4, -0.2) is 29.7 Å². The van der Waals surface area contributed by atoms with Gasteiger partial charge in [-0.3, -0.25) is 0 Å². The average Bonchev–Trinajstić information content (AvgIpc) is 2.89. The van der Waals surface area contributed by atoms with Crippen molar-refractivity contribution in [3.63, 3.8) is 0 Å². The SMILES string of the molecule is CCCNc1nc(CC2CCOC2)nc(C)c1CC. The lowest BCUT2D eigenvalue weighted by molar-refractivity contribution is 0.185. The smallest absolute Gasteiger partial charge is 0.133 e. The van der Waals surface area contributed by atoms with Crippen LogP contribution in [0.5, 0.6) is 0 Å². The maximum absolute atomic E-state index is 5.43. The van der Waals surface area contributed by atoms with Gasteiger partial charge in [-0.2, -0.15) is 0 Å². The number of aromatic nitrogens is 2. The van der Waals surface area contributed by atoms with Gasteiger partial charge < -0.3 is 10.1 Å². The van der Waals surface area contributed by atoms with Gasteiger partial charge in [0, 0.05) is 37.4 Å². The second kappa shape index (κ2) is 6.85. The van der Waals surface area contributed by atoms with Crippen LogP contribution in [0.4, 0.5) is 5.82 Å². The van der Waals surface area contributed by atoms with Crippen molar-refractivity contribution < 1.29 is 4.74 Å². The lowest BCUT2D eigenvalue weighted by Crippen LogP contribution is -2.13. The lowest BCUT2D eigenvalue weighted by Gasteiger charge is -2.14.